The van der Waals surface area contributed by atoms with Crippen molar-refractivity contribution in [3.8, 4) is 11.5 Å². The molecule has 1 fully saturated rings. The van der Waals surface area contributed by atoms with E-state index in [2.05, 4.69) is 16.5 Å². The number of carbonyl (C=O) groups is 1. The van der Waals surface area contributed by atoms with Crippen LogP contribution in [-0.4, -0.2) is 77.1 Å². The van der Waals surface area contributed by atoms with Crippen LogP contribution in [0.25, 0.3) is 0 Å². The number of nitrogens with zero attached hydrogens (tertiary/aromatic N) is 2. The minimum absolute atomic E-state index is 0.0109. The summed E-state index contributed by atoms with van der Waals surface area (Å²) in [5.74, 6) is 0.516. The summed E-state index contributed by atoms with van der Waals surface area (Å²) >= 11 is 0. The van der Waals surface area contributed by atoms with Crippen LogP contribution >= 0.6 is 0 Å². The van der Waals surface area contributed by atoms with Crippen molar-refractivity contribution >= 4 is 15.9 Å². The SMILES string of the molecule is CCN1CCN(C(=O)C(Cc2ccccc2)NS(=O)(=O)c2ccc(OC)c(OC)c2)CC1. The van der Waals surface area contributed by atoms with Crippen LogP contribution in [0.5, 0.6) is 11.5 Å². The van der Waals surface area contributed by atoms with Crippen molar-refractivity contribution in [2.24, 2.45) is 0 Å². The summed E-state index contributed by atoms with van der Waals surface area (Å²) in [6.07, 6.45) is 0.264. The van der Waals surface area contributed by atoms with Crippen molar-refractivity contribution in [2.45, 2.75) is 24.3 Å². The normalized spacial score (nSPS) is 15.9. The molecule has 174 valence electrons. The van der Waals surface area contributed by atoms with Gasteiger partial charge in [0.25, 0.3) is 0 Å². The third-order valence-electron chi connectivity index (χ3n) is 5.67. The molecule has 32 heavy (non-hydrogen) atoms. The molecular formula is C23H31N3O5S. The molecule has 1 heterocycles. The van der Waals surface area contributed by atoms with E-state index in [1.54, 1.807) is 4.90 Å². The number of hydrogen-bond donors (Lipinski definition) is 1. The second kappa shape index (κ2) is 10.8. The van der Waals surface area contributed by atoms with Gasteiger partial charge in [-0.1, -0.05) is 37.3 Å². The first-order valence-electron chi connectivity index (χ1n) is 10.7. The van der Waals surface area contributed by atoms with Crippen LogP contribution in [0.15, 0.2) is 53.4 Å². The Morgan fingerprint density at radius 1 is 1.00 bits per heavy atom. The Bertz CT molecular complexity index is 1010. The van der Waals surface area contributed by atoms with Crippen molar-refractivity contribution in [1.29, 1.82) is 0 Å². The molecule has 1 N–H and O–H groups in total. The number of sulfonamides is 1. The molecule has 2 aromatic carbocycles. The molecule has 0 saturated carbocycles. The standard InChI is InChI=1S/C23H31N3O5S/c1-4-25-12-14-26(15-13-25)23(27)20(16-18-8-6-5-7-9-18)24-32(28,29)19-10-11-21(30-2)22(17-19)31-3/h5-11,17,20,24H,4,12-16H2,1-3H3. The number of rotatable bonds is 9. The van der Waals surface area contributed by atoms with E-state index < -0.39 is 16.1 Å². The molecule has 2 aromatic rings. The Morgan fingerprint density at radius 2 is 1.66 bits per heavy atom. The second-order valence-corrected chi connectivity index (χ2v) is 9.35. The van der Waals surface area contributed by atoms with E-state index in [1.165, 1.54) is 32.4 Å². The number of piperazine rings is 1. The number of hydrogen-bond acceptors (Lipinski definition) is 6. The molecule has 8 nitrogen and oxygen atoms in total. The van der Waals surface area contributed by atoms with Gasteiger partial charge in [0.1, 0.15) is 6.04 Å². The van der Waals surface area contributed by atoms with Crippen LogP contribution in [-0.2, 0) is 21.2 Å². The lowest BCUT2D eigenvalue weighted by atomic mass is 10.1. The lowest BCUT2D eigenvalue weighted by Crippen LogP contribution is -2.55. The number of ether oxygens (including phenoxy) is 2. The number of benzene rings is 2. The van der Waals surface area contributed by atoms with Crippen LogP contribution in [0.3, 0.4) is 0 Å². The molecule has 0 aromatic heterocycles. The fraction of sp³-hybridized carbons (Fsp3) is 0.435. The van der Waals surface area contributed by atoms with Gasteiger partial charge >= 0.3 is 0 Å². The topological polar surface area (TPSA) is 88.2 Å². The smallest absolute Gasteiger partial charge is 0.241 e. The Balaban J connectivity index is 1.85. The molecule has 1 unspecified atom stereocenters. The molecule has 1 aliphatic heterocycles. The van der Waals surface area contributed by atoms with Crippen molar-refractivity contribution in [1.82, 2.24) is 14.5 Å². The lowest BCUT2D eigenvalue weighted by Gasteiger charge is -2.36. The Labute approximate surface area is 190 Å². The van der Waals surface area contributed by atoms with Crippen LogP contribution in [0.1, 0.15) is 12.5 Å². The zero-order valence-electron chi connectivity index (χ0n) is 18.8. The number of carbonyl (C=O) groups excluding carboxylic acids is 1. The molecule has 0 aliphatic carbocycles. The Hall–Kier alpha value is -2.62. The van der Waals surface area contributed by atoms with Gasteiger partial charge in [-0.2, -0.15) is 4.72 Å². The van der Waals surface area contributed by atoms with Crippen LogP contribution in [0.4, 0.5) is 0 Å². The molecule has 0 radical (unpaired) electrons. The van der Waals surface area contributed by atoms with Gasteiger partial charge < -0.3 is 19.3 Å². The first-order valence-corrected chi connectivity index (χ1v) is 12.2. The minimum atomic E-state index is -3.98. The van der Waals surface area contributed by atoms with Crippen molar-refractivity contribution in [2.75, 3.05) is 46.9 Å². The van der Waals surface area contributed by atoms with Gasteiger partial charge in [0.15, 0.2) is 11.5 Å². The molecule has 3 rings (SSSR count). The molecule has 1 aliphatic rings. The quantitative estimate of drug-likeness (QED) is 0.612. The van der Waals surface area contributed by atoms with E-state index in [4.69, 9.17) is 9.47 Å². The highest BCUT2D eigenvalue weighted by Gasteiger charge is 2.31. The maximum atomic E-state index is 13.4. The van der Waals surface area contributed by atoms with E-state index in [0.717, 1.165) is 25.2 Å². The summed E-state index contributed by atoms with van der Waals surface area (Å²) in [6.45, 7) is 5.74. The highest BCUT2D eigenvalue weighted by atomic mass is 32.2. The molecule has 1 amide bonds. The van der Waals surface area contributed by atoms with E-state index in [0.29, 0.717) is 24.6 Å². The minimum Gasteiger partial charge on any atom is -0.493 e. The zero-order chi connectivity index (χ0) is 23.1. The Morgan fingerprint density at radius 3 is 2.25 bits per heavy atom. The highest BCUT2D eigenvalue weighted by molar-refractivity contribution is 7.89. The molecule has 0 spiro atoms. The largest absolute Gasteiger partial charge is 0.493 e. The maximum Gasteiger partial charge on any atom is 0.241 e. The average molecular weight is 462 g/mol. The number of likely N-dealkylation sites (N-methyl/N-ethyl adjacent to an activating group) is 1. The van der Waals surface area contributed by atoms with Crippen molar-refractivity contribution in [3.63, 3.8) is 0 Å². The highest BCUT2D eigenvalue weighted by Crippen LogP contribution is 2.29. The first kappa shape index (κ1) is 24.0. The number of methoxy groups -OCH3 is 2. The van der Waals surface area contributed by atoms with Gasteiger partial charge in [-0.15, -0.1) is 0 Å². The second-order valence-electron chi connectivity index (χ2n) is 7.64. The monoisotopic (exact) mass is 461 g/mol. The molecule has 1 saturated heterocycles. The van der Waals surface area contributed by atoms with Gasteiger partial charge in [0.05, 0.1) is 19.1 Å². The van der Waals surface area contributed by atoms with E-state index >= 15 is 0 Å². The summed E-state index contributed by atoms with van der Waals surface area (Å²) < 4.78 is 39.5. The first-order chi connectivity index (χ1) is 15.4. The fourth-order valence-corrected chi connectivity index (χ4v) is 4.98. The number of nitrogens with one attached hydrogen (secondary N) is 1. The van der Waals surface area contributed by atoms with Crippen molar-refractivity contribution in [3.05, 3.63) is 54.1 Å². The van der Waals surface area contributed by atoms with Gasteiger partial charge in [0, 0.05) is 32.2 Å². The summed E-state index contributed by atoms with van der Waals surface area (Å²) in [6, 6.07) is 12.9. The Kier molecular flexibility index (Phi) is 8.11. The summed E-state index contributed by atoms with van der Waals surface area (Å²) in [5, 5.41) is 0. The van der Waals surface area contributed by atoms with Crippen LogP contribution in [0.2, 0.25) is 0 Å². The summed E-state index contributed by atoms with van der Waals surface area (Å²) in [5.41, 5.74) is 0.882. The number of amides is 1. The third-order valence-corrected chi connectivity index (χ3v) is 7.14. The molecule has 1 atom stereocenters. The predicted molar refractivity (Wildman–Crippen MR) is 122 cm³/mol. The predicted octanol–water partition coefficient (Wildman–Crippen LogP) is 1.76. The van der Waals surface area contributed by atoms with Gasteiger partial charge in [-0.05, 0) is 30.7 Å². The molecule has 0 bridgehead atoms. The van der Waals surface area contributed by atoms with Gasteiger partial charge in [-0.3, -0.25) is 4.79 Å². The van der Waals surface area contributed by atoms with Crippen molar-refractivity contribution < 1.29 is 22.7 Å². The van der Waals surface area contributed by atoms with Crippen LogP contribution in [0, 0.1) is 0 Å². The van der Waals surface area contributed by atoms with E-state index in [-0.39, 0.29) is 17.2 Å². The summed E-state index contributed by atoms with van der Waals surface area (Å²) in [4.78, 5) is 17.4. The lowest BCUT2D eigenvalue weighted by molar-refractivity contribution is -0.134. The zero-order valence-corrected chi connectivity index (χ0v) is 19.6. The third kappa shape index (κ3) is 5.79. The van der Waals surface area contributed by atoms with E-state index in [1.807, 2.05) is 30.3 Å². The van der Waals surface area contributed by atoms with Crippen LogP contribution < -0.4 is 14.2 Å². The molecule has 9 heteroatoms. The average Bonchev–Trinajstić information content (AvgIpc) is 2.83. The van der Waals surface area contributed by atoms with Gasteiger partial charge in [-0.25, -0.2) is 8.42 Å². The maximum absolute atomic E-state index is 13.4. The fourth-order valence-electron chi connectivity index (χ4n) is 3.77. The molecular weight excluding hydrogens is 430 g/mol. The summed E-state index contributed by atoms with van der Waals surface area (Å²) in [7, 11) is -1.05. The van der Waals surface area contributed by atoms with E-state index in [9.17, 15) is 13.2 Å². The van der Waals surface area contributed by atoms with Gasteiger partial charge in [0.2, 0.25) is 15.9 Å².